The van der Waals surface area contributed by atoms with E-state index in [0.717, 1.165) is 27.3 Å². The Bertz CT molecular complexity index is 1280. The summed E-state index contributed by atoms with van der Waals surface area (Å²) in [5.74, 6) is -0.552. The van der Waals surface area contributed by atoms with Crippen LogP contribution in [0, 0.1) is 6.92 Å². The number of hydrogen-bond acceptors (Lipinski definition) is 5. The van der Waals surface area contributed by atoms with E-state index in [2.05, 4.69) is 10.2 Å². The average Bonchev–Trinajstić information content (AvgIpc) is 3.53. The lowest BCUT2D eigenvalue weighted by Gasteiger charge is -2.26. The van der Waals surface area contributed by atoms with Gasteiger partial charge in [-0.05, 0) is 55.1 Å². The summed E-state index contributed by atoms with van der Waals surface area (Å²) in [5.41, 5.74) is 5.45. The minimum atomic E-state index is -0.380. The van der Waals surface area contributed by atoms with Crippen molar-refractivity contribution in [1.29, 1.82) is 0 Å². The van der Waals surface area contributed by atoms with Gasteiger partial charge in [-0.25, -0.2) is 4.79 Å². The molecule has 3 heterocycles. The molecule has 0 aliphatic carbocycles. The Kier molecular flexibility index (Phi) is 5.11. The lowest BCUT2D eigenvalue weighted by Crippen LogP contribution is -2.29. The molecule has 0 bridgehead atoms. The molecule has 0 unspecified atom stereocenters. The molecule has 2 aromatic heterocycles. The predicted octanol–water partition coefficient (Wildman–Crippen LogP) is 5.37. The second-order valence-corrected chi connectivity index (χ2v) is 8.54. The number of carbonyl (C=O) groups excluding carboxylic acids is 2. The van der Waals surface area contributed by atoms with Gasteiger partial charge in [-0.15, -0.1) is 11.3 Å². The molecule has 0 spiro atoms. The molecule has 160 valence electrons. The molecule has 5 rings (SSSR count). The molecule has 1 aliphatic rings. The third kappa shape index (κ3) is 3.31. The lowest BCUT2D eigenvalue weighted by molar-refractivity contribution is 0.0526. The van der Waals surface area contributed by atoms with E-state index >= 15 is 0 Å². The molecule has 7 heteroatoms. The van der Waals surface area contributed by atoms with Crippen LogP contribution in [-0.2, 0) is 4.74 Å². The zero-order valence-corrected chi connectivity index (χ0v) is 18.5. The molecule has 32 heavy (non-hydrogen) atoms. The molecule has 1 atom stereocenters. The van der Waals surface area contributed by atoms with E-state index in [1.165, 1.54) is 0 Å². The van der Waals surface area contributed by atoms with E-state index in [9.17, 15) is 9.59 Å². The molecular weight excluding hydrogens is 422 g/mol. The van der Waals surface area contributed by atoms with Crippen molar-refractivity contribution in [2.75, 3.05) is 11.5 Å². The van der Waals surface area contributed by atoms with Crippen LogP contribution in [0.15, 0.2) is 66.0 Å². The number of benzene rings is 2. The summed E-state index contributed by atoms with van der Waals surface area (Å²) >= 11 is 1.60. The maximum atomic E-state index is 13.5. The quantitative estimate of drug-likeness (QED) is 0.421. The van der Waals surface area contributed by atoms with Gasteiger partial charge in [-0.3, -0.25) is 14.8 Å². The van der Waals surface area contributed by atoms with Gasteiger partial charge in [-0.1, -0.05) is 35.9 Å². The highest BCUT2D eigenvalue weighted by molar-refractivity contribution is 7.13. The van der Waals surface area contributed by atoms with Crippen molar-refractivity contribution in [3.05, 3.63) is 94.0 Å². The largest absolute Gasteiger partial charge is 0.462 e. The Morgan fingerprint density at radius 1 is 1.12 bits per heavy atom. The van der Waals surface area contributed by atoms with Crippen LogP contribution in [0.4, 0.5) is 5.69 Å². The van der Waals surface area contributed by atoms with E-state index in [1.54, 1.807) is 47.4 Å². The fourth-order valence-corrected chi connectivity index (χ4v) is 4.79. The number of amides is 1. The first-order chi connectivity index (χ1) is 15.6. The van der Waals surface area contributed by atoms with Crippen LogP contribution in [-0.4, -0.2) is 28.7 Å². The summed E-state index contributed by atoms with van der Waals surface area (Å²) < 4.78 is 5.08. The minimum Gasteiger partial charge on any atom is -0.462 e. The van der Waals surface area contributed by atoms with Gasteiger partial charge in [0.15, 0.2) is 5.69 Å². The number of esters is 1. The number of anilines is 1. The Balaban J connectivity index is 1.62. The normalized spacial score (nSPS) is 15.1. The third-order valence-electron chi connectivity index (χ3n) is 5.57. The van der Waals surface area contributed by atoms with Crippen molar-refractivity contribution in [3.8, 4) is 10.6 Å². The molecule has 4 aromatic rings. The second-order valence-electron chi connectivity index (χ2n) is 7.59. The van der Waals surface area contributed by atoms with Crippen LogP contribution in [0.3, 0.4) is 0 Å². The molecule has 0 saturated carbocycles. The highest BCUT2D eigenvalue weighted by atomic mass is 32.1. The molecule has 0 fully saturated rings. The molecule has 1 amide bonds. The minimum absolute atomic E-state index is 0.173. The van der Waals surface area contributed by atoms with Gasteiger partial charge in [0.2, 0.25) is 0 Å². The number of H-pyrrole nitrogens is 1. The van der Waals surface area contributed by atoms with Gasteiger partial charge in [0.1, 0.15) is 0 Å². The molecule has 0 saturated heterocycles. The van der Waals surface area contributed by atoms with Crippen LogP contribution in [0.2, 0.25) is 0 Å². The van der Waals surface area contributed by atoms with E-state index in [1.807, 2.05) is 48.7 Å². The number of aryl methyl sites for hydroxylation is 1. The first-order valence-corrected chi connectivity index (χ1v) is 11.3. The lowest BCUT2D eigenvalue weighted by atomic mass is 9.97. The van der Waals surface area contributed by atoms with Crippen molar-refractivity contribution in [2.24, 2.45) is 0 Å². The van der Waals surface area contributed by atoms with E-state index in [4.69, 9.17) is 4.74 Å². The van der Waals surface area contributed by atoms with Gasteiger partial charge in [0, 0.05) is 11.3 Å². The van der Waals surface area contributed by atoms with E-state index < -0.39 is 0 Å². The van der Waals surface area contributed by atoms with Crippen molar-refractivity contribution in [3.63, 3.8) is 0 Å². The zero-order valence-electron chi connectivity index (χ0n) is 17.7. The smallest absolute Gasteiger partial charge is 0.338 e. The zero-order chi connectivity index (χ0) is 22.2. The number of ether oxygens (including phenoxy) is 1. The van der Waals surface area contributed by atoms with Gasteiger partial charge >= 0.3 is 5.97 Å². The number of thiophene rings is 1. The number of nitrogens with one attached hydrogen (secondary N) is 1. The standard InChI is InChI=1S/C25H21N3O3S/c1-3-31-25(30)17-10-12-18(13-11-17)28-23(16-8-6-15(2)7-9-16)20-21(19-5-4-14-32-19)26-27-22(20)24(28)29/h4-14,23H,3H2,1-2H3,(H,26,27)/t23-/m1/s1. The first kappa shape index (κ1) is 20.2. The SMILES string of the molecule is CCOC(=O)c1ccc(N2C(=O)c3n[nH]c(-c4cccs4)c3[C@H]2c2ccc(C)cc2)cc1. The summed E-state index contributed by atoms with van der Waals surface area (Å²) in [5, 5.41) is 9.48. The Morgan fingerprint density at radius 3 is 2.53 bits per heavy atom. The summed E-state index contributed by atoms with van der Waals surface area (Å²) in [7, 11) is 0. The summed E-state index contributed by atoms with van der Waals surface area (Å²) in [6.07, 6.45) is 0. The molecule has 1 N–H and O–H groups in total. The van der Waals surface area contributed by atoms with Crippen LogP contribution in [0.5, 0.6) is 0 Å². The van der Waals surface area contributed by atoms with Gasteiger partial charge < -0.3 is 4.74 Å². The summed E-state index contributed by atoms with van der Waals surface area (Å²) in [4.78, 5) is 28.3. The molecule has 0 radical (unpaired) electrons. The van der Waals surface area contributed by atoms with Crippen molar-refractivity contribution < 1.29 is 14.3 Å². The number of aromatic amines is 1. The maximum Gasteiger partial charge on any atom is 0.338 e. The van der Waals surface area contributed by atoms with Crippen LogP contribution in [0.25, 0.3) is 10.6 Å². The second kappa shape index (κ2) is 8.09. The van der Waals surface area contributed by atoms with Gasteiger partial charge in [0.05, 0.1) is 28.8 Å². The van der Waals surface area contributed by atoms with Gasteiger partial charge in [0.25, 0.3) is 5.91 Å². The Hall–Kier alpha value is -3.71. The van der Waals surface area contributed by atoms with Crippen molar-refractivity contribution >= 4 is 28.9 Å². The average molecular weight is 444 g/mol. The highest BCUT2D eigenvalue weighted by Crippen LogP contribution is 2.45. The number of hydrogen-bond donors (Lipinski definition) is 1. The van der Waals surface area contributed by atoms with Crippen LogP contribution >= 0.6 is 11.3 Å². The van der Waals surface area contributed by atoms with E-state index in [-0.39, 0.29) is 17.9 Å². The molecule has 1 aliphatic heterocycles. The first-order valence-electron chi connectivity index (χ1n) is 10.4. The Morgan fingerprint density at radius 2 is 1.88 bits per heavy atom. The third-order valence-corrected chi connectivity index (χ3v) is 6.46. The number of aromatic nitrogens is 2. The number of fused-ring (bicyclic) bond motifs is 1. The topological polar surface area (TPSA) is 75.3 Å². The van der Waals surface area contributed by atoms with Crippen molar-refractivity contribution in [1.82, 2.24) is 10.2 Å². The maximum absolute atomic E-state index is 13.5. The highest BCUT2D eigenvalue weighted by Gasteiger charge is 2.43. The van der Waals surface area contributed by atoms with Crippen LogP contribution < -0.4 is 4.90 Å². The predicted molar refractivity (Wildman–Crippen MR) is 124 cm³/mol. The fourth-order valence-electron chi connectivity index (χ4n) is 4.05. The number of rotatable bonds is 5. The molecule has 2 aromatic carbocycles. The summed E-state index contributed by atoms with van der Waals surface area (Å²) in [6, 6.07) is 18.8. The summed E-state index contributed by atoms with van der Waals surface area (Å²) in [6.45, 7) is 4.12. The fraction of sp³-hybridized carbons (Fsp3) is 0.160. The van der Waals surface area contributed by atoms with Crippen LogP contribution in [0.1, 0.15) is 50.5 Å². The van der Waals surface area contributed by atoms with E-state index in [0.29, 0.717) is 23.6 Å². The monoisotopic (exact) mass is 443 g/mol. The molecular formula is C25H21N3O3S. The number of carbonyl (C=O) groups is 2. The Labute approximate surface area is 189 Å². The van der Waals surface area contributed by atoms with Crippen molar-refractivity contribution in [2.45, 2.75) is 19.9 Å². The number of nitrogens with zero attached hydrogens (tertiary/aromatic N) is 2. The molecule has 6 nitrogen and oxygen atoms in total. The van der Waals surface area contributed by atoms with Gasteiger partial charge in [-0.2, -0.15) is 5.10 Å².